The highest BCUT2D eigenvalue weighted by atomic mass is 15.2. The van der Waals surface area contributed by atoms with E-state index in [1.54, 1.807) is 6.20 Å². The number of hydrogen-bond donors (Lipinski definition) is 2. The first kappa shape index (κ1) is 11.7. The molecular formula is C14H15N5. The van der Waals surface area contributed by atoms with E-state index in [1.165, 1.54) is 0 Å². The molecule has 0 aliphatic heterocycles. The minimum Gasteiger partial charge on any atom is -0.324 e. The summed E-state index contributed by atoms with van der Waals surface area (Å²) < 4.78 is 2.15. The van der Waals surface area contributed by atoms with Crippen LogP contribution >= 0.6 is 0 Å². The first-order valence-corrected chi connectivity index (χ1v) is 6.11. The third-order valence-electron chi connectivity index (χ3n) is 3.15. The number of hydrogen-bond acceptors (Lipinski definition) is 4. The van der Waals surface area contributed by atoms with E-state index in [1.807, 2.05) is 37.3 Å². The third-order valence-corrected chi connectivity index (χ3v) is 3.15. The number of imidazole rings is 1. The molecule has 5 nitrogen and oxygen atoms in total. The van der Waals surface area contributed by atoms with Crippen molar-refractivity contribution in [2.24, 2.45) is 5.84 Å². The number of fused-ring (bicyclic) bond motifs is 1. The summed E-state index contributed by atoms with van der Waals surface area (Å²) in [5, 5.41) is 0. The highest BCUT2D eigenvalue weighted by Gasteiger charge is 2.07. The van der Waals surface area contributed by atoms with Crippen LogP contribution in [-0.2, 0) is 6.54 Å². The molecule has 3 rings (SSSR count). The molecule has 5 heteroatoms. The summed E-state index contributed by atoms with van der Waals surface area (Å²) in [7, 11) is 0. The summed E-state index contributed by atoms with van der Waals surface area (Å²) >= 11 is 0. The maximum atomic E-state index is 5.42. The molecule has 0 spiro atoms. The smallest absolute Gasteiger partial charge is 0.107 e. The fourth-order valence-corrected chi connectivity index (χ4v) is 2.21. The van der Waals surface area contributed by atoms with Crippen molar-refractivity contribution in [3.8, 4) is 0 Å². The molecule has 19 heavy (non-hydrogen) atoms. The summed E-state index contributed by atoms with van der Waals surface area (Å²) in [5.41, 5.74) is 6.56. The Bertz CT molecular complexity index is 717. The van der Waals surface area contributed by atoms with Gasteiger partial charge in [-0.05, 0) is 31.2 Å². The number of hydrazine groups is 1. The molecule has 0 aliphatic carbocycles. The lowest BCUT2D eigenvalue weighted by Crippen LogP contribution is -2.09. The van der Waals surface area contributed by atoms with E-state index >= 15 is 0 Å². The number of nitrogens with two attached hydrogens (primary N) is 1. The summed E-state index contributed by atoms with van der Waals surface area (Å²) in [4.78, 5) is 8.91. The summed E-state index contributed by atoms with van der Waals surface area (Å²) in [6.45, 7) is 2.69. The first-order valence-electron chi connectivity index (χ1n) is 6.11. The molecule has 2 aromatic heterocycles. The van der Waals surface area contributed by atoms with Crippen LogP contribution in [0.25, 0.3) is 11.0 Å². The second kappa shape index (κ2) is 4.70. The van der Waals surface area contributed by atoms with Gasteiger partial charge in [-0.3, -0.25) is 10.8 Å². The third kappa shape index (κ3) is 2.15. The Hall–Kier alpha value is -2.40. The molecule has 0 aliphatic rings. The van der Waals surface area contributed by atoms with Gasteiger partial charge in [0.25, 0.3) is 0 Å². The fraction of sp³-hybridized carbons (Fsp3) is 0.143. The molecule has 0 atom stereocenters. The van der Waals surface area contributed by atoms with Crippen LogP contribution in [-0.4, -0.2) is 14.5 Å². The maximum Gasteiger partial charge on any atom is 0.107 e. The van der Waals surface area contributed by atoms with Gasteiger partial charge in [-0.2, -0.15) is 0 Å². The highest BCUT2D eigenvalue weighted by Crippen LogP contribution is 2.17. The number of anilines is 1. The van der Waals surface area contributed by atoms with Crippen LogP contribution in [0, 0.1) is 6.92 Å². The molecule has 0 amide bonds. The topological polar surface area (TPSA) is 68.8 Å². The van der Waals surface area contributed by atoms with Gasteiger partial charge >= 0.3 is 0 Å². The monoisotopic (exact) mass is 253 g/mol. The van der Waals surface area contributed by atoms with E-state index in [0.29, 0.717) is 6.54 Å². The average molecular weight is 253 g/mol. The lowest BCUT2D eigenvalue weighted by molar-refractivity contribution is 0.764. The standard InChI is InChI=1S/C14H15N5/c1-10-17-13-4-2-3-5-14(13)19(10)9-12-8-11(18-15)6-7-16-12/h2-8H,9,15H2,1H3,(H,16,18). The number of para-hydroxylation sites is 2. The highest BCUT2D eigenvalue weighted by molar-refractivity contribution is 5.75. The Balaban J connectivity index is 2.02. The average Bonchev–Trinajstić information content (AvgIpc) is 2.76. The zero-order valence-corrected chi connectivity index (χ0v) is 10.7. The molecule has 1 aromatic carbocycles. The van der Waals surface area contributed by atoms with Crippen molar-refractivity contribution < 1.29 is 0 Å². The lowest BCUT2D eigenvalue weighted by Gasteiger charge is -2.07. The molecule has 0 radical (unpaired) electrons. The fourth-order valence-electron chi connectivity index (χ4n) is 2.21. The molecule has 0 bridgehead atoms. The molecule has 3 aromatic rings. The molecule has 0 saturated carbocycles. The van der Waals surface area contributed by atoms with Gasteiger partial charge in [-0.25, -0.2) is 4.98 Å². The maximum absolute atomic E-state index is 5.42. The van der Waals surface area contributed by atoms with Gasteiger partial charge in [0.15, 0.2) is 0 Å². The Morgan fingerprint density at radius 2 is 2.11 bits per heavy atom. The largest absolute Gasteiger partial charge is 0.324 e. The number of nitrogen functional groups attached to an aromatic ring is 1. The van der Waals surface area contributed by atoms with Crippen molar-refractivity contribution >= 4 is 16.7 Å². The number of aromatic nitrogens is 3. The van der Waals surface area contributed by atoms with E-state index < -0.39 is 0 Å². The van der Waals surface area contributed by atoms with E-state index in [4.69, 9.17) is 5.84 Å². The predicted octanol–water partition coefficient (Wildman–Crippen LogP) is 2.07. The zero-order valence-electron chi connectivity index (χ0n) is 10.7. The summed E-state index contributed by atoms with van der Waals surface area (Å²) in [6, 6.07) is 11.9. The van der Waals surface area contributed by atoms with Crippen molar-refractivity contribution in [2.45, 2.75) is 13.5 Å². The minimum absolute atomic E-state index is 0.682. The van der Waals surface area contributed by atoms with Crippen LogP contribution in [0.5, 0.6) is 0 Å². The second-order valence-corrected chi connectivity index (χ2v) is 4.41. The van der Waals surface area contributed by atoms with E-state index in [2.05, 4.69) is 26.0 Å². The first-order chi connectivity index (χ1) is 9.28. The Kier molecular flexibility index (Phi) is 2.89. The van der Waals surface area contributed by atoms with Gasteiger partial charge in [0.05, 0.1) is 29.0 Å². The van der Waals surface area contributed by atoms with Gasteiger partial charge in [-0.1, -0.05) is 12.1 Å². The van der Waals surface area contributed by atoms with Gasteiger partial charge in [0.1, 0.15) is 5.82 Å². The van der Waals surface area contributed by atoms with Crippen LogP contribution in [0.4, 0.5) is 5.69 Å². The molecule has 3 N–H and O–H groups in total. The Labute approximate surface area is 111 Å². The van der Waals surface area contributed by atoms with E-state index in [-0.39, 0.29) is 0 Å². The number of benzene rings is 1. The van der Waals surface area contributed by atoms with Crippen molar-refractivity contribution in [2.75, 3.05) is 5.43 Å². The van der Waals surface area contributed by atoms with Crippen LogP contribution in [0.3, 0.4) is 0 Å². The molecule has 0 saturated heterocycles. The summed E-state index contributed by atoms with van der Waals surface area (Å²) in [6.07, 6.45) is 1.75. The molecule has 2 heterocycles. The number of rotatable bonds is 3. The van der Waals surface area contributed by atoms with Gasteiger partial charge in [0.2, 0.25) is 0 Å². The normalized spacial score (nSPS) is 10.8. The van der Waals surface area contributed by atoms with Crippen LogP contribution in [0.2, 0.25) is 0 Å². The second-order valence-electron chi connectivity index (χ2n) is 4.41. The molecule has 0 unspecified atom stereocenters. The van der Waals surface area contributed by atoms with Crippen molar-refractivity contribution in [1.29, 1.82) is 0 Å². The number of nitrogens with one attached hydrogen (secondary N) is 1. The van der Waals surface area contributed by atoms with Gasteiger partial charge < -0.3 is 9.99 Å². The number of nitrogens with zero attached hydrogens (tertiary/aromatic N) is 3. The van der Waals surface area contributed by atoms with Crippen molar-refractivity contribution in [3.05, 3.63) is 54.1 Å². The molecular weight excluding hydrogens is 238 g/mol. The Morgan fingerprint density at radius 1 is 1.26 bits per heavy atom. The van der Waals surface area contributed by atoms with Crippen LogP contribution in [0.1, 0.15) is 11.5 Å². The van der Waals surface area contributed by atoms with E-state index in [0.717, 1.165) is 28.2 Å². The van der Waals surface area contributed by atoms with Gasteiger partial charge in [0, 0.05) is 6.20 Å². The van der Waals surface area contributed by atoms with Gasteiger partial charge in [-0.15, -0.1) is 0 Å². The molecule has 0 fully saturated rings. The van der Waals surface area contributed by atoms with E-state index in [9.17, 15) is 0 Å². The lowest BCUT2D eigenvalue weighted by atomic mass is 10.3. The number of aryl methyl sites for hydroxylation is 1. The molecule has 96 valence electrons. The predicted molar refractivity (Wildman–Crippen MR) is 75.6 cm³/mol. The van der Waals surface area contributed by atoms with Crippen molar-refractivity contribution in [1.82, 2.24) is 14.5 Å². The van der Waals surface area contributed by atoms with Crippen LogP contribution in [0.15, 0.2) is 42.6 Å². The summed E-state index contributed by atoms with van der Waals surface area (Å²) in [5.74, 6) is 6.40. The zero-order chi connectivity index (χ0) is 13.2. The van der Waals surface area contributed by atoms with Crippen LogP contribution < -0.4 is 11.3 Å². The minimum atomic E-state index is 0.682. The Morgan fingerprint density at radius 3 is 2.95 bits per heavy atom. The SMILES string of the molecule is Cc1nc2ccccc2n1Cc1cc(NN)ccn1. The number of pyridine rings is 1. The quantitative estimate of drug-likeness (QED) is 0.554. The van der Waals surface area contributed by atoms with Crippen molar-refractivity contribution in [3.63, 3.8) is 0 Å².